The molecule has 0 spiro atoms. The van der Waals surface area contributed by atoms with Crippen molar-refractivity contribution < 1.29 is 9.53 Å². The number of carbonyl (C=O) groups is 1. The van der Waals surface area contributed by atoms with Gasteiger partial charge >= 0.3 is 6.09 Å². The molecule has 0 radical (unpaired) electrons. The van der Waals surface area contributed by atoms with Crippen LogP contribution in [-0.2, 0) is 4.74 Å². The SMILES string of the molecule is CC(NC(=O)OC(C)(C)C)c1ccc(-n2cccc2)cc1. The van der Waals surface area contributed by atoms with E-state index >= 15 is 0 Å². The lowest BCUT2D eigenvalue weighted by Gasteiger charge is -2.22. The van der Waals surface area contributed by atoms with Crippen molar-refractivity contribution in [3.05, 3.63) is 54.4 Å². The van der Waals surface area contributed by atoms with Crippen LogP contribution in [0.3, 0.4) is 0 Å². The molecule has 0 aliphatic rings. The van der Waals surface area contributed by atoms with Crippen molar-refractivity contribution in [2.45, 2.75) is 39.3 Å². The van der Waals surface area contributed by atoms with Crippen molar-refractivity contribution >= 4 is 6.09 Å². The Kier molecular flexibility index (Phi) is 4.36. The van der Waals surface area contributed by atoms with Crippen LogP contribution in [0.5, 0.6) is 0 Å². The quantitative estimate of drug-likeness (QED) is 0.924. The highest BCUT2D eigenvalue weighted by Gasteiger charge is 2.18. The molecule has 0 aliphatic heterocycles. The number of hydrogen-bond acceptors (Lipinski definition) is 2. The first kappa shape index (κ1) is 15.2. The van der Waals surface area contributed by atoms with Crippen LogP contribution in [0, 0.1) is 0 Å². The maximum Gasteiger partial charge on any atom is 0.408 e. The normalized spacial score (nSPS) is 12.8. The number of nitrogens with zero attached hydrogens (tertiary/aromatic N) is 1. The first-order chi connectivity index (χ1) is 9.85. The number of amides is 1. The van der Waals surface area contributed by atoms with Gasteiger partial charge in [-0.1, -0.05) is 12.1 Å². The number of ether oxygens (including phenoxy) is 1. The lowest BCUT2D eigenvalue weighted by molar-refractivity contribution is 0.0508. The smallest absolute Gasteiger partial charge is 0.408 e. The minimum absolute atomic E-state index is 0.0986. The highest BCUT2D eigenvalue weighted by molar-refractivity contribution is 5.68. The van der Waals surface area contributed by atoms with Gasteiger partial charge in [0.25, 0.3) is 0 Å². The van der Waals surface area contributed by atoms with Crippen LogP contribution in [0.15, 0.2) is 48.8 Å². The Bertz CT molecular complexity index is 580. The van der Waals surface area contributed by atoms with E-state index in [-0.39, 0.29) is 6.04 Å². The van der Waals surface area contributed by atoms with Crippen LogP contribution in [0.25, 0.3) is 5.69 Å². The van der Waals surface area contributed by atoms with Crippen LogP contribution in [-0.4, -0.2) is 16.3 Å². The number of benzene rings is 1. The Balaban J connectivity index is 2.00. The number of nitrogens with one attached hydrogen (secondary N) is 1. The van der Waals surface area contributed by atoms with E-state index in [1.165, 1.54) is 0 Å². The molecule has 0 saturated carbocycles. The Morgan fingerprint density at radius 1 is 1.14 bits per heavy atom. The lowest BCUT2D eigenvalue weighted by Crippen LogP contribution is -2.34. The summed E-state index contributed by atoms with van der Waals surface area (Å²) in [5.41, 5.74) is 1.65. The van der Waals surface area contributed by atoms with Gasteiger partial charge in [-0.3, -0.25) is 0 Å². The molecular weight excluding hydrogens is 264 g/mol. The van der Waals surface area contributed by atoms with Gasteiger partial charge in [-0.05, 0) is 57.5 Å². The average Bonchev–Trinajstić information content (AvgIpc) is 2.90. The third-order valence-electron chi connectivity index (χ3n) is 3.03. The minimum atomic E-state index is -0.484. The lowest BCUT2D eigenvalue weighted by atomic mass is 10.1. The fourth-order valence-corrected chi connectivity index (χ4v) is 2.01. The molecule has 4 heteroatoms. The van der Waals surface area contributed by atoms with Crippen LogP contribution in [0.4, 0.5) is 4.79 Å². The second-order valence-corrected chi connectivity index (χ2v) is 6.05. The Morgan fingerprint density at radius 3 is 2.24 bits per heavy atom. The van der Waals surface area contributed by atoms with Crippen molar-refractivity contribution in [2.24, 2.45) is 0 Å². The summed E-state index contributed by atoms with van der Waals surface area (Å²) >= 11 is 0. The average molecular weight is 286 g/mol. The highest BCUT2D eigenvalue weighted by Crippen LogP contribution is 2.17. The van der Waals surface area contributed by atoms with Crippen molar-refractivity contribution in [1.82, 2.24) is 9.88 Å². The molecule has 1 aromatic heterocycles. The molecule has 2 aromatic rings. The summed E-state index contributed by atoms with van der Waals surface area (Å²) < 4.78 is 7.30. The van der Waals surface area contributed by atoms with Crippen LogP contribution >= 0.6 is 0 Å². The van der Waals surface area contributed by atoms with Crippen molar-refractivity contribution in [2.75, 3.05) is 0 Å². The molecule has 21 heavy (non-hydrogen) atoms. The summed E-state index contributed by atoms with van der Waals surface area (Å²) in [6, 6.07) is 12.0. The molecule has 1 atom stereocenters. The van der Waals surface area contributed by atoms with E-state index in [4.69, 9.17) is 4.74 Å². The molecule has 1 aromatic carbocycles. The second kappa shape index (κ2) is 6.04. The highest BCUT2D eigenvalue weighted by atomic mass is 16.6. The molecule has 2 rings (SSSR count). The van der Waals surface area contributed by atoms with Gasteiger partial charge in [0, 0.05) is 18.1 Å². The first-order valence-electron chi connectivity index (χ1n) is 7.08. The van der Waals surface area contributed by atoms with E-state index in [9.17, 15) is 4.79 Å². The summed E-state index contributed by atoms with van der Waals surface area (Å²) in [6.45, 7) is 7.49. The molecule has 0 saturated heterocycles. The Morgan fingerprint density at radius 2 is 1.71 bits per heavy atom. The molecule has 0 aliphatic carbocycles. The molecular formula is C17H22N2O2. The largest absolute Gasteiger partial charge is 0.444 e. The molecule has 1 N–H and O–H groups in total. The van der Waals surface area contributed by atoms with E-state index < -0.39 is 11.7 Å². The minimum Gasteiger partial charge on any atom is -0.444 e. The van der Waals surface area contributed by atoms with Gasteiger partial charge in [0.2, 0.25) is 0 Å². The van der Waals surface area contributed by atoms with Crippen molar-refractivity contribution in [3.8, 4) is 5.69 Å². The molecule has 1 amide bonds. The molecule has 0 fully saturated rings. The molecule has 0 bridgehead atoms. The summed E-state index contributed by atoms with van der Waals surface area (Å²) in [4.78, 5) is 11.8. The molecule has 1 unspecified atom stereocenters. The Labute approximate surface area is 125 Å². The maximum absolute atomic E-state index is 11.8. The number of carbonyl (C=O) groups excluding carboxylic acids is 1. The zero-order chi connectivity index (χ0) is 15.5. The fourth-order valence-electron chi connectivity index (χ4n) is 2.01. The summed E-state index contributed by atoms with van der Waals surface area (Å²) in [7, 11) is 0. The van der Waals surface area contributed by atoms with Gasteiger partial charge < -0.3 is 14.6 Å². The predicted molar refractivity (Wildman–Crippen MR) is 83.6 cm³/mol. The number of aromatic nitrogens is 1. The van der Waals surface area contributed by atoms with Crippen molar-refractivity contribution in [3.63, 3.8) is 0 Å². The third kappa shape index (κ3) is 4.38. The summed E-state index contributed by atoms with van der Waals surface area (Å²) in [5, 5.41) is 2.84. The van der Waals surface area contributed by atoms with Gasteiger partial charge in [-0.15, -0.1) is 0 Å². The number of hydrogen-bond donors (Lipinski definition) is 1. The topological polar surface area (TPSA) is 43.3 Å². The van der Waals surface area contributed by atoms with E-state index in [0.29, 0.717) is 0 Å². The van der Waals surface area contributed by atoms with Crippen LogP contribution in [0.2, 0.25) is 0 Å². The van der Waals surface area contributed by atoms with E-state index in [1.807, 2.05) is 81.1 Å². The fraction of sp³-hybridized carbons (Fsp3) is 0.353. The number of alkyl carbamates (subject to hydrolysis) is 1. The standard InChI is InChI=1S/C17H22N2O2/c1-13(18-16(20)21-17(2,3)4)14-7-9-15(10-8-14)19-11-5-6-12-19/h5-13H,1-4H3,(H,18,20). The maximum atomic E-state index is 11.8. The first-order valence-corrected chi connectivity index (χ1v) is 7.08. The van der Waals surface area contributed by atoms with Gasteiger partial charge in [0.1, 0.15) is 5.60 Å². The predicted octanol–water partition coefficient (Wildman–Crippen LogP) is 4.06. The molecule has 1 heterocycles. The number of rotatable bonds is 3. The van der Waals surface area contributed by atoms with E-state index in [1.54, 1.807) is 0 Å². The summed E-state index contributed by atoms with van der Waals surface area (Å²) in [6.07, 6.45) is 3.60. The van der Waals surface area contributed by atoms with E-state index in [2.05, 4.69) is 5.32 Å². The van der Waals surface area contributed by atoms with Gasteiger partial charge in [-0.25, -0.2) is 4.79 Å². The molecule has 112 valence electrons. The van der Waals surface area contributed by atoms with E-state index in [0.717, 1.165) is 11.3 Å². The zero-order valence-corrected chi connectivity index (χ0v) is 13.0. The zero-order valence-electron chi connectivity index (χ0n) is 13.0. The van der Waals surface area contributed by atoms with Gasteiger partial charge in [-0.2, -0.15) is 0 Å². The second-order valence-electron chi connectivity index (χ2n) is 6.05. The van der Waals surface area contributed by atoms with Crippen molar-refractivity contribution in [1.29, 1.82) is 0 Å². The van der Waals surface area contributed by atoms with Crippen LogP contribution in [0.1, 0.15) is 39.3 Å². The van der Waals surface area contributed by atoms with Gasteiger partial charge in [0.15, 0.2) is 0 Å². The Hall–Kier alpha value is -2.23. The third-order valence-corrected chi connectivity index (χ3v) is 3.03. The van der Waals surface area contributed by atoms with Crippen LogP contribution < -0.4 is 5.32 Å². The summed E-state index contributed by atoms with van der Waals surface area (Å²) in [5.74, 6) is 0. The van der Waals surface area contributed by atoms with Gasteiger partial charge in [0.05, 0.1) is 6.04 Å². The monoisotopic (exact) mass is 286 g/mol. The molecule has 4 nitrogen and oxygen atoms in total.